The van der Waals surface area contributed by atoms with Crippen LogP contribution in [0.5, 0.6) is 0 Å². The maximum Gasteiger partial charge on any atom is 0.0582 e. The fraction of sp³-hybridized carbons (Fsp3) is 0.583. The molecule has 0 saturated heterocycles. The standard InChI is InChI=1S/C12H19NO2/c1-2-15-8-4-6-12(14)9-11-5-3-7-13-10-11/h3,5,7,10,12,14H,2,4,6,8-9H2,1H3. The number of aromatic nitrogens is 1. The monoisotopic (exact) mass is 209 g/mol. The van der Waals surface area contributed by atoms with Crippen molar-refractivity contribution in [2.45, 2.75) is 32.3 Å². The molecule has 3 heteroatoms. The quantitative estimate of drug-likeness (QED) is 0.696. The third-order valence-corrected chi connectivity index (χ3v) is 2.22. The van der Waals surface area contributed by atoms with Crippen molar-refractivity contribution in [2.75, 3.05) is 13.2 Å². The molecule has 0 saturated carbocycles. The average molecular weight is 209 g/mol. The molecule has 0 aliphatic rings. The van der Waals surface area contributed by atoms with Crippen LogP contribution in [-0.4, -0.2) is 29.4 Å². The van der Waals surface area contributed by atoms with E-state index in [1.54, 1.807) is 12.4 Å². The number of hydrogen-bond donors (Lipinski definition) is 1. The van der Waals surface area contributed by atoms with Gasteiger partial charge in [0.2, 0.25) is 0 Å². The molecule has 3 nitrogen and oxygen atoms in total. The molecule has 1 unspecified atom stereocenters. The van der Waals surface area contributed by atoms with Crippen molar-refractivity contribution in [2.24, 2.45) is 0 Å². The predicted molar refractivity (Wildman–Crippen MR) is 59.7 cm³/mol. The summed E-state index contributed by atoms with van der Waals surface area (Å²) in [5, 5.41) is 9.72. The van der Waals surface area contributed by atoms with E-state index in [2.05, 4.69) is 4.98 Å². The second kappa shape index (κ2) is 7.37. The highest BCUT2D eigenvalue weighted by atomic mass is 16.5. The summed E-state index contributed by atoms with van der Waals surface area (Å²) < 4.78 is 5.21. The summed E-state index contributed by atoms with van der Waals surface area (Å²) in [6.45, 7) is 3.46. The lowest BCUT2D eigenvalue weighted by Crippen LogP contribution is -2.11. The zero-order chi connectivity index (χ0) is 10.9. The Labute approximate surface area is 91.1 Å². The third kappa shape index (κ3) is 5.50. The summed E-state index contributed by atoms with van der Waals surface area (Å²) in [5.74, 6) is 0. The smallest absolute Gasteiger partial charge is 0.0582 e. The largest absolute Gasteiger partial charge is 0.393 e. The van der Waals surface area contributed by atoms with Crippen molar-refractivity contribution in [3.63, 3.8) is 0 Å². The molecule has 1 atom stereocenters. The van der Waals surface area contributed by atoms with Crippen LogP contribution >= 0.6 is 0 Å². The molecule has 0 aromatic carbocycles. The Bertz CT molecular complexity index is 251. The zero-order valence-corrected chi connectivity index (χ0v) is 9.22. The SMILES string of the molecule is CCOCCCC(O)Cc1cccnc1. The average Bonchev–Trinajstić information content (AvgIpc) is 2.26. The second-order valence-electron chi connectivity index (χ2n) is 3.56. The molecule has 1 heterocycles. The van der Waals surface area contributed by atoms with Gasteiger partial charge in [0.1, 0.15) is 0 Å². The van der Waals surface area contributed by atoms with E-state index in [0.717, 1.165) is 31.6 Å². The van der Waals surface area contributed by atoms with Crippen LogP contribution in [0, 0.1) is 0 Å². The van der Waals surface area contributed by atoms with Gasteiger partial charge in [-0.2, -0.15) is 0 Å². The molecule has 1 rings (SSSR count). The van der Waals surface area contributed by atoms with E-state index in [4.69, 9.17) is 4.74 Å². The first-order valence-electron chi connectivity index (χ1n) is 5.47. The van der Waals surface area contributed by atoms with Gasteiger partial charge in [-0.3, -0.25) is 4.98 Å². The first-order valence-corrected chi connectivity index (χ1v) is 5.47. The van der Waals surface area contributed by atoms with Gasteiger partial charge in [-0.15, -0.1) is 0 Å². The third-order valence-electron chi connectivity index (χ3n) is 2.22. The van der Waals surface area contributed by atoms with Gasteiger partial charge in [0, 0.05) is 25.6 Å². The number of aliphatic hydroxyl groups is 1. The number of ether oxygens (including phenoxy) is 1. The molecule has 1 N–H and O–H groups in total. The molecule has 1 aromatic heterocycles. The topological polar surface area (TPSA) is 42.4 Å². The van der Waals surface area contributed by atoms with E-state index in [1.807, 2.05) is 19.1 Å². The summed E-state index contributed by atoms with van der Waals surface area (Å²) in [4.78, 5) is 4.01. The van der Waals surface area contributed by atoms with E-state index in [-0.39, 0.29) is 6.10 Å². The molecule has 0 radical (unpaired) electrons. The van der Waals surface area contributed by atoms with Gasteiger partial charge < -0.3 is 9.84 Å². The molecule has 0 aliphatic heterocycles. The van der Waals surface area contributed by atoms with Gasteiger partial charge in [-0.1, -0.05) is 6.07 Å². The minimum atomic E-state index is -0.283. The molecular formula is C12H19NO2. The Hall–Kier alpha value is -0.930. The van der Waals surface area contributed by atoms with Crippen molar-refractivity contribution in [3.05, 3.63) is 30.1 Å². The van der Waals surface area contributed by atoms with E-state index >= 15 is 0 Å². The minimum absolute atomic E-state index is 0.283. The number of rotatable bonds is 7. The molecule has 0 spiro atoms. The van der Waals surface area contributed by atoms with Crippen molar-refractivity contribution in [3.8, 4) is 0 Å². The van der Waals surface area contributed by atoms with Crippen molar-refractivity contribution < 1.29 is 9.84 Å². The van der Waals surface area contributed by atoms with Crippen LogP contribution in [0.4, 0.5) is 0 Å². The number of aliphatic hydroxyl groups excluding tert-OH is 1. The first kappa shape index (κ1) is 12.1. The summed E-state index contributed by atoms with van der Waals surface area (Å²) in [5.41, 5.74) is 1.08. The lowest BCUT2D eigenvalue weighted by atomic mass is 10.1. The maximum atomic E-state index is 9.72. The Balaban J connectivity index is 2.16. The van der Waals surface area contributed by atoms with Gasteiger partial charge in [0.25, 0.3) is 0 Å². The van der Waals surface area contributed by atoms with Crippen LogP contribution in [0.3, 0.4) is 0 Å². The van der Waals surface area contributed by atoms with Crippen LogP contribution in [0.1, 0.15) is 25.3 Å². The normalized spacial score (nSPS) is 12.7. The van der Waals surface area contributed by atoms with E-state index < -0.39 is 0 Å². The summed E-state index contributed by atoms with van der Waals surface area (Å²) in [6.07, 6.45) is 5.63. The van der Waals surface area contributed by atoms with Gasteiger partial charge in [0.15, 0.2) is 0 Å². The number of hydrogen-bond acceptors (Lipinski definition) is 3. The molecule has 84 valence electrons. The fourth-order valence-electron chi connectivity index (χ4n) is 1.46. The van der Waals surface area contributed by atoms with Crippen LogP contribution in [0.2, 0.25) is 0 Å². The van der Waals surface area contributed by atoms with Gasteiger partial charge in [0.05, 0.1) is 6.10 Å². The summed E-state index contributed by atoms with van der Waals surface area (Å²) in [7, 11) is 0. The highest BCUT2D eigenvalue weighted by Crippen LogP contribution is 2.06. The molecule has 0 bridgehead atoms. The Morgan fingerprint density at radius 1 is 1.53 bits per heavy atom. The van der Waals surface area contributed by atoms with Crippen molar-refractivity contribution in [1.82, 2.24) is 4.98 Å². The van der Waals surface area contributed by atoms with Gasteiger partial charge in [-0.25, -0.2) is 0 Å². The predicted octanol–water partition coefficient (Wildman–Crippen LogP) is 1.80. The van der Waals surface area contributed by atoms with E-state index in [0.29, 0.717) is 6.42 Å². The number of pyridine rings is 1. The van der Waals surface area contributed by atoms with E-state index in [1.165, 1.54) is 0 Å². The molecule has 1 aromatic rings. The van der Waals surface area contributed by atoms with Gasteiger partial charge >= 0.3 is 0 Å². The highest BCUT2D eigenvalue weighted by molar-refractivity contribution is 5.09. The van der Waals surface area contributed by atoms with Crippen LogP contribution < -0.4 is 0 Å². The van der Waals surface area contributed by atoms with Crippen LogP contribution in [0.15, 0.2) is 24.5 Å². The van der Waals surface area contributed by atoms with Crippen LogP contribution in [0.25, 0.3) is 0 Å². The van der Waals surface area contributed by atoms with Crippen molar-refractivity contribution in [1.29, 1.82) is 0 Å². The van der Waals surface area contributed by atoms with Gasteiger partial charge in [-0.05, 0) is 37.8 Å². The second-order valence-corrected chi connectivity index (χ2v) is 3.56. The minimum Gasteiger partial charge on any atom is -0.393 e. The first-order chi connectivity index (χ1) is 7.33. The highest BCUT2D eigenvalue weighted by Gasteiger charge is 2.04. The fourth-order valence-corrected chi connectivity index (χ4v) is 1.46. The molecular weight excluding hydrogens is 190 g/mol. The van der Waals surface area contributed by atoms with Crippen LogP contribution in [-0.2, 0) is 11.2 Å². The Morgan fingerprint density at radius 2 is 2.40 bits per heavy atom. The lowest BCUT2D eigenvalue weighted by molar-refractivity contribution is 0.114. The lowest BCUT2D eigenvalue weighted by Gasteiger charge is -2.09. The summed E-state index contributed by atoms with van der Waals surface area (Å²) in [6, 6.07) is 3.88. The summed E-state index contributed by atoms with van der Waals surface area (Å²) >= 11 is 0. The van der Waals surface area contributed by atoms with Crippen molar-refractivity contribution >= 4 is 0 Å². The Morgan fingerprint density at radius 3 is 3.07 bits per heavy atom. The Kier molecular flexibility index (Phi) is 5.97. The molecule has 15 heavy (non-hydrogen) atoms. The molecule has 0 fully saturated rings. The number of nitrogens with zero attached hydrogens (tertiary/aromatic N) is 1. The molecule has 0 aliphatic carbocycles. The van der Waals surface area contributed by atoms with E-state index in [9.17, 15) is 5.11 Å². The molecule has 0 amide bonds. The maximum absolute atomic E-state index is 9.72. The zero-order valence-electron chi connectivity index (χ0n) is 9.22.